The van der Waals surface area contributed by atoms with E-state index in [0.717, 1.165) is 24.1 Å². The predicted octanol–water partition coefficient (Wildman–Crippen LogP) is 1.53. The topological polar surface area (TPSA) is 67.8 Å². The molecule has 106 valence electrons. The van der Waals surface area contributed by atoms with Gasteiger partial charge >= 0.3 is 0 Å². The lowest BCUT2D eigenvalue weighted by atomic mass is 9.85. The van der Waals surface area contributed by atoms with Crippen LogP contribution in [0.15, 0.2) is 40.6 Å². The van der Waals surface area contributed by atoms with Gasteiger partial charge in [0.15, 0.2) is 0 Å². The van der Waals surface area contributed by atoms with E-state index < -0.39 is 0 Å². The van der Waals surface area contributed by atoms with Crippen LogP contribution in [0.25, 0.3) is 0 Å². The second kappa shape index (κ2) is 6.43. The first kappa shape index (κ1) is 14.4. The summed E-state index contributed by atoms with van der Waals surface area (Å²) in [7, 11) is 1.45. The number of allylic oxidation sites excluding steroid dienone is 3. The van der Waals surface area contributed by atoms with Gasteiger partial charge in [0.25, 0.3) is 5.91 Å². The Bertz CT molecular complexity index is 541. The molecule has 1 unspecified atom stereocenters. The molecule has 1 aliphatic carbocycles. The summed E-state index contributed by atoms with van der Waals surface area (Å²) in [6.07, 6.45) is 9.06. The van der Waals surface area contributed by atoms with Gasteiger partial charge in [-0.25, -0.2) is 4.99 Å². The van der Waals surface area contributed by atoms with E-state index >= 15 is 0 Å². The Hall–Kier alpha value is -2.01. The minimum absolute atomic E-state index is 0.0444. The second-order valence-corrected chi connectivity index (χ2v) is 4.76. The predicted molar refractivity (Wildman–Crippen MR) is 76.2 cm³/mol. The van der Waals surface area contributed by atoms with Crippen molar-refractivity contribution in [3.63, 3.8) is 0 Å². The highest BCUT2D eigenvalue weighted by Gasteiger charge is 2.25. The maximum absolute atomic E-state index is 11.7. The molecule has 0 spiro atoms. The molecule has 0 aromatic rings. The van der Waals surface area contributed by atoms with Gasteiger partial charge in [-0.15, -0.1) is 0 Å². The molecule has 5 nitrogen and oxygen atoms in total. The fourth-order valence-corrected chi connectivity index (χ4v) is 2.36. The molecular weight excluding hydrogens is 256 g/mol. The van der Waals surface area contributed by atoms with Crippen LogP contribution in [0.2, 0.25) is 0 Å². The summed E-state index contributed by atoms with van der Waals surface area (Å²) in [5.41, 5.74) is 2.42. The highest BCUT2D eigenvalue weighted by Crippen LogP contribution is 2.29. The normalized spacial score (nSPS) is 23.0. The molecule has 0 aromatic carbocycles. The monoisotopic (exact) mass is 274 g/mol. The number of nitrogens with one attached hydrogen (secondary N) is 1. The van der Waals surface area contributed by atoms with Gasteiger partial charge in [-0.05, 0) is 18.6 Å². The molecule has 20 heavy (non-hydrogen) atoms. The molecule has 0 saturated carbocycles. The standard InChI is InChI=1S/C15H18N2O3/c1-3-4-10-7-14(18)17-13-8-11(5-6-12(10)13)16-15(19)9-20-2/h5-8,12H,3-4,9H2,1-2H3,(H,17,18). The summed E-state index contributed by atoms with van der Waals surface area (Å²) in [4.78, 5) is 27.0. The molecule has 1 heterocycles. The Kier molecular flexibility index (Phi) is 4.63. The van der Waals surface area contributed by atoms with Crippen LogP contribution in [-0.4, -0.2) is 31.2 Å². The molecule has 0 fully saturated rings. The van der Waals surface area contributed by atoms with Crippen molar-refractivity contribution in [3.8, 4) is 0 Å². The molecule has 0 saturated heterocycles. The van der Waals surface area contributed by atoms with Crippen LogP contribution in [0.4, 0.5) is 0 Å². The molecule has 0 radical (unpaired) electrons. The van der Waals surface area contributed by atoms with Gasteiger partial charge in [-0.1, -0.05) is 25.0 Å². The first-order valence-electron chi connectivity index (χ1n) is 6.65. The third-order valence-corrected chi connectivity index (χ3v) is 3.14. The molecule has 1 atom stereocenters. The third kappa shape index (κ3) is 3.30. The number of carbonyl (C=O) groups is 2. The first-order chi connectivity index (χ1) is 9.63. The minimum atomic E-state index is -0.339. The van der Waals surface area contributed by atoms with E-state index in [-0.39, 0.29) is 24.3 Å². The number of nitrogens with zero attached hydrogens (tertiary/aromatic N) is 1. The van der Waals surface area contributed by atoms with Crippen LogP contribution in [0, 0.1) is 5.92 Å². The van der Waals surface area contributed by atoms with E-state index in [1.165, 1.54) is 7.11 Å². The smallest absolute Gasteiger partial charge is 0.272 e. The van der Waals surface area contributed by atoms with Crippen LogP contribution >= 0.6 is 0 Å². The fourth-order valence-electron chi connectivity index (χ4n) is 2.36. The summed E-state index contributed by atoms with van der Waals surface area (Å²) in [5.74, 6) is -0.369. The Morgan fingerprint density at radius 2 is 2.25 bits per heavy atom. The van der Waals surface area contributed by atoms with Crippen molar-refractivity contribution >= 4 is 17.5 Å². The summed E-state index contributed by atoms with van der Waals surface area (Å²) in [6, 6.07) is 0. The second-order valence-electron chi connectivity index (χ2n) is 4.76. The number of carbonyl (C=O) groups excluding carboxylic acids is 2. The van der Waals surface area contributed by atoms with Crippen LogP contribution < -0.4 is 5.32 Å². The molecule has 1 N–H and O–H groups in total. The fraction of sp³-hybridized carbons (Fsp3) is 0.400. The van der Waals surface area contributed by atoms with Crippen LogP contribution in [0.1, 0.15) is 19.8 Å². The Morgan fingerprint density at radius 3 is 2.95 bits per heavy atom. The maximum atomic E-state index is 11.7. The van der Waals surface area contributed by atoms with E-state index in [1.54, 1.807) is 12.2 Å². The van der Waals surface area contributed by atoms with Crippen molar-refractivity contribution < 1.29 is 14.3 Å². The number of rotatable bonds is 4. The first-order valence-corrected chi connectivity index (χ1v) is 6.65. The number of amides is 2. The average Bonchev–Trinajstić information content (AvgIpc) is 2.38. The zero-order chi connectivity index (χ0) is 14.5. The lowest BCUT2D eigenvalue weighted by Crippen LogP contribution is -2.33. The Balaban J connectivity index is 2.22. The van der Waals surface area contributed by atoms with Gasteiger partial charge in [0.05, 0.1) is 5.71 Å². The number of ether oxygens (including phenoxy) is 1. The van der Waals surface area contributed by atoms with Crippen LogP contribution in [-0.2, 0) is 14.3 Å². The van der Waals surface area contributed by atoms with Gasteiger partial charge in [0, 0.05) is 24.8 Å². The maximum Gasteiger partial charge on any atom is 0.272 e. The van der Waals surface area contributed by atoms with Gasteiger partial charge < -0.3 is 10.1 Å². The number of methoxy groups -OCH3 is 1. The lowest BCUT2D eigenvalue weighted by Gasteiger charge is -2.27. The van der Waals surface area contributed by atoms with Crippen molar-refractivity contribution in [1.29, 1.82) is 0 Å². The van der Waals surface area contributed by atoms with E-state index in [4.69, 9.17) is 4.74 Å². The highest BCUT2D eigenvalue weighted by atomic mass is 16.5. The van der Waals surface area contributed by atoms with Crippen molar-refractivity contribution in [2.45, 2.75) is 19.8 Å². The van der Waals surface area contributed by atoms with Gasteiger partial charge in [-0.3, -0.25) is 9.59 Å². The Morgan fingerprint density at radius 1 is 1.45 bits per heavy atom. The summed E-state index contributed by atoms with van der Waals surface area (Å²) in [5, 5.41) is 2.81. The molecule has 1 aliphatic heterocycles. The molecule has 5 heteroatoms. The minimum Gasteiger partial charge on any atom is -0.375 e. The Labute approximate surface area is 118 Å². The average molecular weight is 274 g/mol. The van der Waals surface area contributed by atoms with Crippen molar-refractivity contribution in [3.05, 3.63) is 35.6 Å². The lowest BCUT2D eigenvalue weighted by molar-refractivity contribution is -0.121. The van der Waals surface area contributed by atoms with Crippen molar-refractivity contribution in [2.75, 3.05) is 13.7 Å². The van der Waals surface area contributed by atoms with E-state index in [0.29, 0.717) is 5.71 Å². The molecule has 0 aromatic heterocycles. The summed E-state index contributed by atoms with van der Waals surface area (Å²) < 4.78 is 4.74. The van der Waals surface area contributed by atoms with E-state index in [9.17, 15) is 9.59 Å². The van der Waals surface area contributed by atoms with Crippen molar-refractivity contribution in [2.24, 2.45) is 10.9 Å². The third-order valence-electron chi connectivity index (χ3n) is 3.14. The van der Waals surface area contributed by atoms with Gasteiger partial charge in [-0.2, -0.15) is 0 Å². The molecular formula is C15H18N2O3. The number of hydrogen-bond donors (Lipinski definition) is 1. The van der Waals surface area contributed by atoms with E-state index in [1.807, 2.05) is 12.2 Å². The summed E-state index contributed by atoms with van der Waals surface area (Å²) >= 11 is 0. The molecule has 2 aliphatic rings. The quantitative estimate of drug-likeness (QED) is 0.845. The molecule has 2 amide bonds. The SMILES string of the molecule is CCCC1=CC(=O)NC2=CC(=NC(=O)COC)C=CC12. The largest absolute Gasteiger partial charge is 0.375 e. The number of fused-ring (bicyclic) bond motifs is 1. The zero-order valence-electron chi connectivity index (χ0n) is 11.7. The molecule has 2 rings (SSSR count). The van der Waals surface area contributed by atoms with Crippen LogP contribution in [0.5, 0.6) is 0 Å². The van der Waals surface area contributed by atoms with Gasteiger partial charge in [0.2, 0.25) is 5.91 Å². The van der Waals surface area contributed by atoms with Gasteiger partial charge in [0.1, 0.15) is 6.61 Å². The summed E-state index contributed by atoms with van der Waals surface area (Å²) in [6.45, 7) is 2.04. The van der Waals surface area contributed by atoms with E-state index in [2.05, 4.69) is 17.2 Å². The molecule has 0 bridgehead atoms. The number of aliphatic imine (C=N–C) groups is 1. The van der Waals surface area contributed by atoms with Crippen molar-refractivity contribution in [1.82, 2.24) is 5.32 Å². The number of hydrogen-bond acceptors (Lipinski definition) is 3. The van der Waals surface area contributed by atoms with Crippen LogP contribution in [0.3, 0.4) is 0 Å². The zero-order valence-corrected chi connectivity index (χ0v) is 11.7. The highest BCUT2D eigenvalue weighted by molar-refractivity contribution is 6.11.